The van der Waals surface area contributed by atoms with Gasteiger partial charge in [0.25, 0.3) is 0 Å². The first-order chi connectivity index (χ1) is 9.17. The number of benzene rings is 1. The van der Waals surface area contributed by atoms with E-state index in [2.05, 4.69) is 10.6 Å². The van der Waals surface area contributed by atoms with Crippen molar-refractivity contribution in [1.82, 2.24) is 10.6 Å². The minimum atomic E-state index is -0.245. The molecule has 2 N–H and O–H groups in total. The Morgan fingerprint density at radius 3 is 2.53 bits per heavy atom. The van der Waals surface area contributed by atoms with E-state index in [1.54, 1.807) is 31.4 Å². The van der Waals surface area contributed by atoms with E-state index in [1.807, 2.05) is 6.07 Å². The molecule has 0 aromatic heterocycles. The number of ether oxygens (including phenoxy) is 1. The van der Waals surface area contributed by atoms with Gasteiger partial charge in [-0.05, 0) is 0 Å². The molecule has 2 amide bonds. The molecule has 1 atom stereocenters. The van der Waals surface area contributed by atoms with E-state index in [1.165, 1.54) is 0 Å². The molecule has 99 valence electrons. The molecule has 0 heterocycles. The number of hydrogen-bond acceptors (Lipinski definition) is 3. The van der Waals surface area contributed by atoms with Gasteiger partial charge in [-0.1, -0.05) is 0 Å². The average molecular weight is 450 g/mol. The molecular formula is C13H17HgN2O3. The van der Waals surface area contributed by atoms with Crippen LogP contribution in [0.15, 0.2) is 30.3 Å². The molecule has 0 aliphatic heterocycles. The van der Waals surface area contributed by atoms with Gasteiger partial charge in [0.2, 0.25) is 0 Å². The van der Waals surface area contributed by atoms with E-state index in [9.17, 15) is 9.59 Å². The van der Waals surface area contributed by atoms with Crippen LogP contribution in [0.5, 0.6) is 0 Å². The van der Waals surface area contributed by atoms with Gasteiger partial charge >= 0.3 is 129 Å². The van der Waals surface area contributed by atoms with Gasteiger partial charge in [-0.15, -0.1) is 0 Å². The molecule has 0 fully saturated rings. The fourth-order valence-electron chi connectivity index (χ4n) is 1.45. The molecule has 1 aromatic carbocycles. The van der Waals surface area contributed by atoms with Gasteiger partial charge in [-0.25, -0.2) is 0 Å². The zero-order valence-electron chi connectivity index (χ0n) is 11.0. The monoisotopic (exact) mass is 451 g/mol. The topological polar surface area (TPSA) is 67.4 Å². The van der Waals surface area contributed by atoms with Gasteiger partial charge < -0.3 is 0 Å². The molecule has 0 aliphatic rings. The van der Waals surface area contributed by atoms with E-state index < -0.39 is 0 Å². The van der Waals surface area contributed by atoms with E-state index >= 15 is 0 Å². The molecule has 0 bridgehead atoms. The Hall–Kier alpha value is -0.945. The molecular weight excluding hydrogens is 433 g/mol. The summed E-state index contributed by atoms with van der Waals surface area (Å²) in [5.74, 6) is -0.446. The summed E-state index contributed by atoms with van der Waals surface area (Å²) in [6, 6.07) is 8.81. The third kappa shape index (κ3) is 6.16. The van der Waals surface area contributed by atoms with Gasteiger partial charge in [0.15, 0.2) is 0 Å². The standard InChI is InChI=1S/C13H17N2O3.Hg/c1-10(18-2)8-14-12(16)9-15-13(17)11-6-4-3-5-7-11;/h3-7,10H,1,8-9H2,2H3,(H,14,16)(H,15,17);. The first-order valence-electron chi connectivity index (χ1n) is 6.09. The molecule has 1 unspecified atom stereocenters. The normalized spacial score (nSPS) is 11.7. The van der Waals surface area contributed by atoms with E-state index in [-0.39, 0.29) is 24.5 Å². The number of carbonyl (C=O) groups excluding carboxylic acids is 2. The predicted octanol–water partition coefficient (Wildman–Crippen LogP) is 0.513. The molecule has 6 heteroatoms. The molecule has 19 heavy (non-hydrogen) atoms. The molecule has 5 nitrogen and oxygen atoms in total. The molecule has 1 aromatic rings. The van der Waals surface area contributed by atoms with Crippen molar-refractivity contribution in [3.63, 3.8) is 0 Å². The van der Waals surface area contributed by atoms with E-state index in [0.29, 0.717) is 38.2 Å². The summed E-state index contributed by atoms with van der Waals surface area (Å²) in [5, 5.41) is 5.32. The summed E-state index contributed by atoms with van der Waals surface area (Å²) in [6.45, 7) is 0.482. The Morgan fingerprint density at radius 2 is 1.95 bits per heavy atom. The summed E-state index contributed by atoms with van der Waals surface area (Å²) < 4.78 is 6.21. The molecule has 0 aliphatic carbocycles. The van der Waals surface area contributed by atoms with Crippen LogP contribution in [0.4, 0.5) is 0 Å². The number of rotatable bonds is 7. The van der Waals surface area contributed by atoms with Gasteiger partial charge in [0.1, 0.15) is 0 Å². The first-order valence-corrected chi connectivity index (χ1v) is 9.98. The summed E-state index contributed by atoms with van der Waals surface area (Å²) in [6.07, 6.45) is 0.0945. The summed E-state index contributed by atoms with van der Waals surface area (Å²) in [7, 11) is 1.64. The molecule has 0 saturated carbocycles. The van der Waals surface area contributed by atoms with Crippen molar-refractivity contribution < 1.29 is 40.4 Å². The first kappa shape index (κ1) is 16.1. The van der Waals surface area contributed by atoms with Gasteiger partial charge in [0, 0.05) is 0 Å². The summed E-state index contributed by atoms with van der Waals surface area (Å²) in [4.78, 5) is 23.2. The van der Waals surface area contributed by atoms with Crippen molar-refractivity contribution in [2.24, 2.45) is 0 Å². The van der Waals surface area contributed by atoms with Crippen LogP contribution in [-0.2, 0) is 35.7 Å². The van der Waals surface area contributed by atoms with Crippen molar-refractivity contribution in [1.29, 1.82) is 0 Å². The van der Waals surface area contributed by atoms with Crippen LogP contribution in [0.1, 0.15) is 10.4 Å². The minimum absolute atomic E-state index is 0.0180. The number of methoxy groups -OCH3 is 1. The van der Waals surface area contributed by atoms with Crippen molar-refractivity contribution in [2.75, 3.05) is 20.2 Å². The second-order valence-electron chi connectivity index (χ2n) is 4.00. The van der Waals surface area contributed by atoms with Crippen molar-refractivity contribution in [2.45, 2.75) is 10.0 Å². The number of amides is 2. The Labute approximate surface area is 129 Å². The van der Waals surface area contributed by atoms with E-state index in [4.69, 9.17) is 4.74 Å². The Bertz CT molecular complexity index is 408. The maximum absolute atomic E-state index is 11.7. The number of carbonyl (C=O) groups is 2. The second-order valence-corrected chi connectivity index (χ2v) is 6.24. The fourth-order valence-corrected chi connectivity index (χ4v) is 3.16. The zero-order valence-corrected chi connectivity index (χ0v) is 16.5. The Morgan fingerprint density at radius 1 is 1.26 bits per heavy atom. The third-order valence-electron chi connectivity index (χ3n) is 2.63. The van der Waals surface area contributed by atoms with Gasteiger partial charge in [0.05, 0.1) is 0 Å². The van der Waals surface area contributed by atoms with Crippen molar-refractivity contribution >= 4 is 11.8 Å². The van der Waals surface area contributed by atoms with Crippen molar-refractivity contribution in [3.05, 3.63) is 35.9 Å². The Kier molecular flexibility index (Phi) is 7.66. The summed E-state index contributed by atoms with van der Waals surface area (Å²) in [5.41, 5.74) is 0.548. The Balaban J connectivity index is 2.29. The average Bonchev–Trinajstić information content (AvgIpc) is 2.46. The second kappa shape index (κ2) is 9.04. The van der Waals surface area contributed by atoms with Crippen LogP contribution in [0.3, 0.4) is 0 Å². The van der Waals surface area contributed by atoms with Crippen LogP contribution >= 0.6 is 0 Å². The van der Waals surface area contributed by atoms with Crippen LogP contribution in [0.2, 0.25) is 3.93 Å². The zero-order chi connectivity index (χ0) is 14.1. The van der Waals surface area contributed by atoms with Crippen LogP contribution < -0.4 is 10.6 Å². The van der Waals surface area contributed by atoms with Gasteiger partial charge in [-0.3, -0.25) is 0 Å². The van der Waals surface area contributed by atoms with Crippen LogP contribution in [0, 0.1) is 0 Å². The quantitative estimate of drug-likeness (QED) is 0.596. The molecule has 1 rings (SSSR count). The molecule has 0 radical (unpaired) electrons. The van der Waals surface area contributed by atoms with E-state index in [0.717, 1.165) is 3.93 Å². The maximum atomic E-state index is 11.7. The van der Waals surface area contributed by atoms with Crippen LogP contribution in [-0.4, -0.2) is 38.1 Å². The predicted molar refractivity (Wildman–Crippen MR) is 67.4 cm³/mol. The fraction of sp³-hybridized carbons (Fsp3) is 0.385. The van der Waals surface area contributed by atoms with Crippen LogP contribution in [0.25, 0.3) is 0 Å². The van der Waals surface area contributed by atoms with Gasteiger partial charge in [-0.2, -0.15) is 0 Å². The number of hydrogen-bond donors (Lipinski definition) is 2. The third-order valence-corrected chi connectivity index (χ3v) is 5.13. The van der Waals surface area contributed by atoms with Crippen molar-refractivity contribution in [3.8, 4) is 0 Å². The molecule has 0 saturated heterocycles. The SMILES string of the molecule is COC([CH2][Hg])CNC(=O)CNC(=O)c1ccccc1. The number of nitrogens with one attached hydrogen (secondary N) is 2. The summed E-state index contributed by atoms with van der Waals surface area (Å²) >= 11 is 0.647. The molecule has 0 spiro atoms.